The van der Waals surface area contributed by atoms with Crippen molar-refractivity contribution in [2.24, 2.45) is 0 Å². The van der Waals surface area contributed by atoms with Crippen LogP contribution in [-0.4, -0.2) is 25.3 Å². The number of thioether (sulfide) groups is 1. The van der Waals surface area contributed by atoms with E-state index in [1.807, 2.05) is 17.5 Å². The first-order chi connectivity index (χ1) is 13.5. The van der Waals surface area contributed by atoms with Gasteiger partial charge >= 0.3 is 6.18 Å². The van der Waals surface area contributed by atoms with Crippen molar-refractivity contribution >= 4 is 23.1 Å². The number of H-pyrrole nitrogens is 1. The van der Waals surface area contributed by atoms with Gasteiger partial charge in [0.1, 0.15) is 5.82 Å². The normalized spacial score (nSPS) is 11.8. The fourth-order valence-corrected chi connectivity index (χ4v) is 3.76. The number of thiophene rings is 1. The first kappa shape index (κ1) is 18.7. The van der Waals surface area contributed by atoms with E-state index in [0.717, 1.165) is 18.0 Å². The SMILES string of the molecule is FC(F)(F)c1cccc(-c2noc(CSc3n[nH]c(Cc4cccs4)n3)n2)c1. The average molecular weight is 423 g/mol. The van der Waals surface area contributed by atoms with Crippen LogP contribution in [0.4, 0.5) is 13.2 Å². The van der Waals surface area contributed by atoms with Crippen LogP contribution in [0.1, 0.15) is 22.2 Å². The minimum Gasteiger partial charge on any atom is -0.338 e. The highest BCUT2D eigenvalue weighted by atomic mass is 32.2. The van der Waals surface area contributed by atoms with Gasteiger partial charge in [-0.25, -0.2) is 4.98 Å². The van der Waals surface area contributed by atoms with Crippen molar-refractivity contribution in [2.45, 2.75) is 23.5 Å². The van der Waals surface area contributed by atoms with Gasteiger partial charge in [-0.3, -0.25) is 5.10 Å². The molecule has 4 aromatic rings. The number of nitrogens with zero attached hydrogens (tertiary/aromatic N) is 4. The van der Waals surface area contributed by atoms with Crippen molar-refractivity contribution in [3.8, 4) is 11.4 Å². The molecular weight excluding hydrogens is 411 g/mol. The average Bonchev–Trinajstić information content (AvgIpc) is 3.42. The molecule has 28 heavy (non-hydrogen) atoms. The fraction of sp³-hybridized carbons (Fsp3) is 0.176. The Balaban J connectivity index is 1.40. The zero-order chi connectivity index (χ0) is 19.6. The number of rotatable bonds is 6. The Morgan fingerprint density at radius 1 is 1.14 bits per heavy atom. The van der Waals surface area contributed by atoms with Crippen molar-refractivity contribution in [1.82, 2.24) is 25.3 Å². The Morgan fingerprint density at radius 2 is 2.04 bits per heavy atom. The standard InChI is InChI=1S/C17H12F3N5OS2/c18-17(19,20)11-4-1-3-10(7-11)15-22-14(26-25-15)9-28-16-21-13(23-24-16)8-12-5-2-6-27-12/h1-7H,8-9H2,(H,21,23,24). The molecule has 0 saturated carbocycles. The second-order valence-electron chi connectivity index (χ2n) is 5.70. The molecule has 0 amide bonds. The van der Waals surface area contributed by atoms with Crippen molar-refractivity contribution in [2.75, 3.05) is 0 Å². The number of nitrogens with one attached hydrogen (secondary N) is 1. The summed E-state index contributed by atoms with van der Waals surface area (Å²) in [5.74, 6) is 1.44. The van der Waals surface area contributed by atoms with E-state index in [-0.39, 0.29) is 17.3 Å². The highest BCUT2D eigenvalue weighted by Gasteiger charge is 2.30. The Kier molecular flexibility index (Phi) is 5.18. The smallest absolute Gasteiger partial charge is 0.338 e. The first-order valence-corrected chi connectivity index (χ1v) is 9.90. The van der Waals surface area contributed by atoms with E-state index in [2.05, 4.69) is 25.3 Å². The Labute approximate surface area is 165 Å². The van der Waals surface area contributed by atoms with Gasteiger partial charge < -0.3 is 4.52 Å². The summed E-state index contributed by atoms with van der Waals surface area (Å²) in [7, 11) is 0. The lowest BCUT2D eigenvalue weighted by atomic mass is 10.1. The number of hydrogen-bond donors (Lipinski definition) is 1. The van der Waals surface area contributed by atoms with Gasteiger partial charge in [-0.1, -0.05) is 35.1 Å². The number of hydrogen-bond acceptors (Lipinski definition) is 7. The molecule has 6 nitrogen and oxygen atoms in total. The zero-order valence-corrected chi connectivity index (χ0v) is 15.7. The van der Waals surface area contributed by atoms with Gasteiger partial charge in [-0.15, -0.1) is 16.4 Å². The second-order valence-corrected chi connectivity index (χ2v) is 7.67. The molecule has 0 fully saturated rings. The van der Waals surface area contributed by atoms with Crippen LogP contribution in [0.3, 0.4) is 0 Å². The summed E-state index contributed by atoms with van der Waals surface area (Å²) < 4.78 is 43.6. The maximum Gasteiger partial charge on any atom is 0.416 e. The monoisotopic (exact) mass is 423 g/mol. The third-order valence-corrected chi connectivity index (χ3v) is 5.38. The minimum absolute atomic E-state index is 0.107. The molecule has 144 valence electrons. The molecular formula is C17H12F3N5OS2. The fourth-order valence-electron chi connectivity index (χ4n) is 2.39. The van der Waals surface area contributed by atoms with Crippen LogP contribution in [0.2, 0.25) is 0 Å². The quantitative estimate of drug-likeness (QED) is 0.448. The number of halogens is 3. The lowest BCUT2D eigenvalue weighted by molar-refractivity contribution is -0.137. The number of benzene rings is 1. The van der Waals surface area contributed by atoms with Crippen molar-refractivity contribution in [1.29, 1.82) is 0 Å². The molecule has 0 aliphatic rings. The van der Waals surface area contributed by atoms with Gasteiger partial charge in [0.25, 0.3) is 0 Å². The summed E-state index contributed by atoms with van der Waals surface area (Å²) >= 11 is 2.94. The molecule has 0 atom stereocenters. The van der Waals surface area contributed by atoms with E-state index < -0.39 is 11.7 Å². The highest BCUT2D eigenvalue weighted by molar-refractivity contribution is 7.98. The molecule has 0 spiro atoms. The lowest BCUT2D eigenvalue weighted by Crippen LogP contribution is -2.04. The molecule has 1 aromatic carbocycles. The number of aromatic nitrogens is 5. The minimum atomic E-state index is -4.43. The molecule has 3 heterocycles. The maximum atomic E-state index is 12.8. The van der Waals surface area contributed by atoms with Crippen molar-refractivity contribution in [3.05, 3.63) is 63.9 Å². The predicted molar refractivity (Wildman–Crippen MR) is 97.8 cm³/mol. The summed E-state index contributed by atoms with van der Waals surface area (Å²) in [6.07, 6.45) is -3.75. The summed E-state index contributed by atoms with van der Waals surface area (Å²) in [6.45, 7) is 0. The summed E-state index contributed by atoms with van der Waals surface area (Å²) in [5, 5.41) is 13.3. The molecule has 0 unspecified atom stereocenters. The van der Waals surface area contributed by atoms with Gasteiger partial charge in [0.05, 0.1) is 11.3 Å². The molecule has 0 aliphatic carbocycles. The van der Waals surface area contributed by atoms with Crippen LogP contribution >= 0.6 is 23.1 Å². The highest BCUT2D eigenvalue weighted by Crippen LogP contribution is 2.31. The van der Waals surface area contributed by atoms with E-state index in [1.165, 1.54) is 28.8 Å². The molecule has 1 N–H and O–H groups in total. The summed E-state index contributed by atoms with van der Waals surface area (Å²) in [4.78, 5) is 9.72. The lowest BCUT2D eigenvalue weighted by Gasteiger charge is -2.06. The Bertz CT molecular complexity index is 1060. The van der Waals surface area contributed by atoms with E-state index in [0.29, 0.717) is 17.3 Å². The van der Waals surface area contributed by atoms with Crippen LogP contribution in [-0.2, 0) is 18.3 Å². The van der Waals surface area contributed by atoms with Gasteiger partial charge in [0.2, 0.25) is 16.9 Å². The predicted octanol–water partition coefficient (Wildman–Crippen LogP) is 4.82. The Hall–Kier alpha value is -2.66. The van der Waals surface area contributed by atoms with Gasteiger partial charge in [-0.05, 0) is 23.6 Å². The topological polar surface area (TPSA) is 80.5 Å². The van der Waals surface area contributed by atoms with E-state index in [1.54, 1.807) is 11.3 Å². The largest absolute Gasteiger partial charge is 0.416 e. The van der Waals surface area contributed by atoms with Crippen LogP contribution in [0.25, 0.3) is 11.4 Å². The molecule has 0 radical (unpaired) electrons. The third-order valence-electron chi connectivity index (χ3n) is 3.67. The van der Waals surface area contributed by atoms with Crippen molar-refractivity contribution in [3.63, 3.8) is 0 Å². The maximum absolute atomic E-state index is 12.8. The molecule has 0 bridgehead atoms. The third kappa shape index (κ3) is 4.42. The van der Waals surface area contributed by atoms with Crippen LogP contribution < -0.4 is 0 Å². The number of alkyl halides is 3. The summed E-state index contributed by atoms with van der Waals surface area (Å²) in [6, 6.07) is 8.80. The Morgan fingerprint density at radius 3 is 2.82 bits per heavy atom. The van der Waals surface area contributed by atoms with Gasteiger partial charge in [0, 0.05) is 16.9 Å². The van der Waals surface area contributed by atoms with E-state index in [4.69, 9.17) is 4.52 Å². The number of aromatic amines is 1. The molecule has 0 aliphatic heterocycles. The van der Waals surface area contributed by atoms with Gasteiger partial charge in [-0.2, -0.15) is 18.2 Å². The van der Waals surface area contributed by atoms with Crippen LogP contribution in [0.5, 0.6) is 0 Å². The van der Waals surface area contributed by atoms with Crippen LogP contribution in [0.15, 0.2) is 51.5 Å². The molecule has 4 rings (SSSR count). The van der Waals surface area contributed by atoms with Crippen molar-refractivity contribution < 1.29 is 17.7 Å². The summed E-state index contributed by atoms with van der Waals surface area (Å²) in [5.41, 5.74) is -0.518. The van der Waals surface area contributed by atoms with Crippen LogP contribution in [0, 0.1) is 0 Å². The van der Waals surface area contributed by atoms with E-state index in [9.17, 15) is 13.2 Å². The molecule has 3 aromatic heterocycles. The zero-order valence-electron chi connectivity index (χ0n) is 14.1. The second kappa shape index (κ2) is 7.76. The van der Waals surface area contributed by atoms with Gasteiger partial charge in [0.15, 0.2) is 0 Å². The molecule has 11 heteroatoms. The van der Waals surface area contributed by atoms with E-state index >= 15 is 0 Å². The first-order valence-electron chi connectivity index (χ1n) is 8.04. The molecule has 0 saturated heterocycles.